The number of amides is 1. The van der Waals surface area contributed by atoms with Gasteiger partial charge in [-0.2, -0.15) is 0 Å². The maximum atomic E-state index is 11.7. The average molecular weight is 244 g/mol. The first kappa shape index (κ1) is 14.4. The second kappa shape index (κ2) is 7.63. The van der Waals surface area contributed by atoms with Gasteiger partial charge in [0, 0.05) is 26.2 Å². The average Bonchev–Trinajstić information content (AvgIpc) is 2.85. The number of likely N-dealkylation sites (N-methyl/N-ethyl adjacent to an activating group) is 1. The van der Waals surface area contributed by atoms with E-state index in [1.165, 1.54) is 0 Å². The van der Waals surface area contributed by atoms with Gasteiger partial charge in [-0.05, 0) is 19.8 Å². The Bertz CT molecular complexity index is 230. The SMILES string of the molecule is CC(CN)N(C)C(=O)CCOCC1CCCO1. The molecule has 0 aromatic rings. The molecule has 0 aromatic heterocycles. The van der Waals surface area contributed by atoms with Gasteiger partial charge in [-0.25, -0.2) is 0 Å². The number of carbonyl (C=O) groups is 1. The summed E-state index contributed by atoms with van der Waals surface area (Å²) in [5.74, 6) is 0.0790. The fourth-order valence-corrected chi connectivity index (χ4v) is 1.73. The molecule has 2 unspecified atom stereocenters. The summed E-state index contributed by atoms with van der Waals surface area (Å²) in [6.45, 7) is 4.32. The van der Waals surface area contributed by atoms with Crippen LogP contribution < -0.4 is 5.73 Å². The lowest BCUT2D eigenvalue weighted by atomic mass is 10.2. The van der Waals surface area contributed by atoms with Crippen molar-refractivity contribution in [1.82, 2.24) is 4.90 Å². The third kappa shape index (κ3) is 5.02. The maximum absolute atomic E-state index is 11.7. The number of hydrogen-bond donors (Lipinski definition) is 1. The van der Waals surface area contributed by atoms with E-state index in [1.54, 1.807) is 11.9 Å². The van der Waals surface area contributed by atoms with Crippen molar-refractivity contribution in [2.75, 3.05) is 33.4 Å². The number of nitrogens with zero attached hydrogens (tertiary/aromatic N) is 1. The molecule has 5 heteroatoms. The van der Waals surface area contributed by atoms with Gasteiger partial charge in [0.1, 0.15) is 0 Å². The van der Waals surface area contributed by atoms with Crippen molar-refractivity contribution in [3.05, 3.63) is 0 Å². The minimum atomic E-state index is 0.0790. The number of nitrogens with two attached hydrogens (primary N) is 1. The Morgan fingerprint density at radius 2 is 2.41 bits per heavy atom. The van der Waals surface area contributed by atoms with Crippen LogP contribution in [0.5, 0.6) is 0 Å². The molecule has 1 aliphatic heterocycles. The normalized spacial score (nSPS) is 21.5. The molecule has 2 atom stereocenters. The highest BCUT2D eigenvalue weighted by Crippen LogP contribution is 2.12. The molecule has 1 amide bonds. The van der Waals surface area contributed by atoms with Gasteiger partial charge < -0.3 is 20.1 Å². The van der Waals surface area contributed by atoms with Crippen LogP contribution in [0.3, 0.4) is 0 Å². The lowest BCUT2D eigenvalue weighted by molar-refractivity contribution is -0.132. The van der Waals surface area contributed by atoms with E-state index in [0.29, 0.717) is 26.2 Å². The number of ether oxygens (including phenoxy) is 2. The van der Waals surface area contributed by atoms with Gasteiger partial charge in [0.05, 0.1) is 25.7 Å². The van der Waals surface area contributed by atoms with Crippen LogP contribution in [0.1, 0.15) is 26.2 Å². The Kier molecular flexibility index (Phi) is 6.47. The standard InChI is InChI=1S/C12H24N2O3/c1-10(8-13)14(2)12(15)5-7-16-9-11-4-3-6-17-11/h10-11H,3-9,13H2,1-2H3. The van der Waals surface area contributed by atoms with E-state index < -0.39 is 0 Å². The van der Waals surface area contributed by atoms with Crippen LogP contribution in [0.4, 0.5) is 0 Å². The smallest absolute Gasteiger partial charge is 0.224 e. The zero-order chi connectivity index (χ0) is 12.7. The zero-order valence-corrected chi connectivity index (χ0v) is 10.9. The molecule has 0 aromatic carbocycles. The van der Waals surface area contributed by atoms with Crippen molar-refractivity contribution in [2.45, 2.75) is 38.3 Å². The first-order valence-corrected chi connectivity index (χ1v) is 6.30. The van der Waals surface area contributed by atoms with Gasteiger partial charge in [0.2, 0.25) is 5.91 Å². The Morgan fingerprint density at radius 3 is 3.00 bits per heavy atom. The first-order valence-electron chi connectivity index (χ1n) is 6.30. The molecule has 1 fully saturated rings. The van der Waals surface area contributed by atoms with Crippen molar-refractivity contribution >= 4 is 5.91 Å². The summed E-state index contributed by atoms with van der Waals surface area (Å²) in [5, 5.41) is 0. The lowest BCUT2D eigenvalue weighted by Gasteiger charge is -2.23. The van der Waals surface area contributed by atoms with Crippen LogP contribution in [-0.2, 0) is 14.3 Å². The largest absolute Gasteiger partial charge is 0.378 e. The molecule has 17 heavy (non-hydrogen) atoms. The van der Waals surface area contributed by atoms with Crippen LogP contribution in [0.25, 0.3) is 0 Å². The summed E-state index contributed by atoms with van der Waals surface area (Å²) in [7, 11) is 1.78. The van der Waals surface area contributed by atoms with Crippen molar-refractivity contribution in [3.8, 4) is 0 Å². The Morgan fingerprint density at radius 1 is 1.65 bits per heavy atom. The number of rotatable bonds is 7. The number of hydrogen-bond acceptors (Lipinski definition) is 4. The molecule has 0 aliphatic carbocycles. The summed E-state index contributed by atoms with van der Waals surface area (Å²) >= 11 is 0. The van der Waals surface area contributed by atoms with Crippen LogP contribution >= 0.6 is 0 Å². The highest BCUT2D eigenvalue weighted by atomic mass is 16.5. The van der Waals surface area contributed by atoms with Crippen molar-refractivity contribution in [1.29, 1.82) is 0 Å². The molecule has 1 aliphatic rings. The molecular formula is C12H24N2O3. The third-order valence-corrected chi connectivity index (χ3v) is 3.18. The molecule has 0 bridgehead atoms. The van der Waals surface area contributed by atoms with Gasteiger partial charge in [0.25, 0.3) is 0 Å². The summed E-state index contributed by atoms with van der Waals surface area (Å²) in [6, 6.07) is 0.0839. The molecule has 0 saturated carbocycles. The Hall–Kier alpha value is -0.650. The van der Waals surface area contributed by atoms with Gasteiger partial charge in [0.15, 0.2) is 0 Å². The molecule has 100 valence electrons. The van der Waals surface area contributed by atoms with Crippen LogP contribution in [0, 0.1) is 0 Å². The second-order valence-corrected chi connectivity index (χ2v) is 4.55. The molecule has 5 nitrogen and oxygen atoms in total. The van der Waals surface area contributed by atoms with E-state index in [4.69, 9.17) is 15.2 Å². The summed E-state index contributed by atoms with van der Waals surface area (Å²) in [4.78, 5) is 13.4. The van der Waals surface area contributed by atoms with Crippen molar-refractivity contribution in [3.63, 3.8) is 0 Å². The molecule has 2 N–H and O–H groups in total. The van der Waals surface area contributed by atoms with Crippen molar-refractivity contribution in [2.24, 2.45) is 5.73 Å². The molecule has 1 saturated heterocycles. The Labute approximate surface area is 103 Å². The quantitative estimate of drug-likeness (QED) is 0.657. The fraction of sp³-hybridized carbons (Fsp3) is 0.917. The summed E-state index contributed by atoms with van der Waals surface area (Å²) < 4.78 is 10.9. The highest BCUT2D eigenvalue weighted by molar-refractivity contribution is 5.76. The zero-order valence-electron chi connectivity index (χ0n) is 10.9. The second-order valence-electron chi connectivity index (χ2n) is 4.55. The van der Waals surface area contributed by atoms with Crippen LogP contribution in [0.15, 0.2) is 0 Å². The van der Waals surface area contributed by atoms with E-state index in [9.17, 15) is 4.79 Å². The molecule has 0 radical (unpaired) electrons. The lowest BCUT2D eigenvalue weighted by Crippen LogP contribution is -2.40. The van der Waals surface area contributed by atoms with Gasteiger partial charge in [-0.15, -0.1) is 0 Å². The predicted molar refractivity (Wildman–Crippen MR) is 65.7 cm³/mol. The van der Waals surface area contributed by atoms with E-state index in [0.717, 1.165) is 19.4 Å². The first-order chi connectivity index (χ1) is 8.15. The van der Waals surface area contributed by atoms with Gasteiger partial charge in [-0.3, -0.25) is 4.79 Å². The summed E-state index contributed by atoms with van der Waals surface area (Å²) in [5.41, 5.74) is 5.51. The monoisotopic (exact) mass is 244 g/mol. The van der Waals surface area contributed by atoms with E-state index in [2.05, 4.69) is 0 Å². The minimum Gasteiger partial charge on any atom is -0.378 e. The molecular weight excluding hydrogens is 220 g/mol. The Balaban J connectivity index is 2.06. The van der Waals surface area contributed by atoms with E-state index >= 15 is 0 Å². The molecule has 1 heterocycles. The fourth-order valence-electron chi connectivity index (χ4n) is 1.73. The number of carbonyl (C=O) groups excluding carboxylic acids is 1. The van der Waals surface area contributed by atoms with E-state index in [-0.39, 0.29) is 18.1 Å². The minimum absolute atomic E-state index is 0.0790. The van der Waals surface area contributed by atoms with Gasteiger partial charge >= 0.3 is 0 Å². The highest BCUT2D eigenvalue weighted by Gasteiger charge is 2.17. The van der Waals surface area contributed by atoms with Crippen LogP contribution in [-0.4, -0.2) is 56.4 Å². The predicted octanol–water partition coefficient (Wildman–Crippen LogP) is 0.378. The third-order valence-electron chi connectivity index (χ3n) is 3.18. The van der Waals surface area contributed by atoms with Crippen LogP contribution in [0.2, 0.25) is 0 Å². The summed E-state index contributed by atoms with van der Waals surface area (Å²) in [6.07, 6.45) is 2.82. The molecule has 0 spiro atoms. The topological polar surface area (TPSA) is 64.8 Å². The van der Waals surface area contributed by atoms with Crippen molar-refractivity contribution < 1.29 is 14.3 Å². The molecule has 1 rings (SSSR count). The maximum Gasteiger partial charge on any atom is 0.224 e. The van der Waals surface area contributed by atoms with E-state index in [1.807, 2.05) is 6.92 Å². The van der Waals surface area contributed by atoms with Gasteiger partial charge in [-0.1, -0.05) is 0 Å².